The van der Waals surface area contributed by atoms with Crippen LogP contribution in [0.25, 0.3) is 11.1 Å². The maximum atomic E-state index is 5.93. The van der Waals surface area contributed by atoms with E-state index < -0.39 is 0 Å². The highest BCUT2D eigenvalue weighted by Gasteiger charge is 2.09. The van der Waals surface area contributed by atoms with Crippen LogP contribution in [0, 0.1) is 0 Å². The lowest BCUT2D eigenvalue weighted by Crippen LogP contribution is -2.02. The summed E-state index contributed by atoms with van der Waals surface area (Å²) in [6.45, 7) is 11.1. The molecule has 0 unspecified atom stereocenters. The molecule has 1 aromatic heterocycles. The Hall–Kier alpha value is -2.75. The molecule has 0 amide bonds. The van der Waals surface area contributed by atoms with Gasteiger partial charge in [-0.3, -0.25) is 4.99 Å². The maximum absolute atomic E-state index is 5.93. The quantitative estimate of drug-likeness (QED) is 0.636. The van der Waals surface area contributed by atoms with E-state index in [1.54, 1.807) is 24.5 Å². The Morgan fingerprint density at radius 3 is 2.67 bits per heavy atom. The van der Waals surface area contributed by atoms with E-state index in [1.807, 2.05) is 38.2 Å². The molecule has 108 valence electrons. The van der Waals surface area contributed by atoms with E-state index in [4.69, 9.17) is 5.73 Å². The Balaban J connectivity index is 3.36. The normalized spacial score (nSPS) is 13.0. The Morgan fingerprint density at radius 1 is 1.33 bits per heavy atom. The minimum atomic E-state index is 0.370. The van der Waals surface area contributed by atoms with Gasteiger partial charge in [0, 0.05) is 17.3 Å². The molecule has 0 atom stereocenters. The zero-order valence-corrected chi connectivity index (χ0v) is 12.5. The third kappa shape index (κ3) is 4.38. The van der Waals surface area contributed by atoms with Crippen molar-refractivity contribution in [2.45, 2.75) is 13.8 Å². The average molecular weight is 280 g/mol. The molecule has 1 heterocycles. The summed E-state index contributed by atoms with van der Waals surface area (Å²) in [5.74, 6) is 0.370. The summed E-state index contributed by atoms with van der Waals surface area (Å²) >= 11 is 0. The lowest BCUT2D eigenvalue weighted by molar-refractivity contribution is 1.15. The first-order chi connectivity index (χ1) is 10.2. The number of hydrogen-bond acceptors (Lipinski definition) is 4. The van der Waals surface area contributed by atoms with Crippen LogP contribution in [0.1, 0.15) is 25.2 Å². The highest BCUT2D eigenvalue weighted by Crippen LogP contribution is 2.22. The number of allylic oxidation sites excluding steroid dienone is 8. The van der Waals surface area contributed by atoms with Gasteiger partial charge in [0.25, 0.3) is 0 Å². The van der Waals surface area contributed by atoms with E-state index in [1.165, 1.54) is 0 Å². The summed E-state index contributed by atoms with van der Waals surface area (Å²) in [5.41, 5.74) is 8.97. The van der Waals surface area contributed by atoms with Gasteiger partial charge in [-0.1, -0.05) is 37.0 Å². The first-order valence-electron chi connectivity index (χ1n) is 6.55. The molecule has 0 aliphatic heterocycles. The number of hydrogen-bond donors (Lipinski definition) is 1. The molecule has 0 aromatic carbocycles. The van der Waals surface area contributed by atoms with Crippen LogP contribution in [0.5, 0.6) is 0 Å². The van der Waals surface area contributed by atoms with E-state index in [0.717, 1.165) is 11.1 Å². The third-order valence-corrected chi connectivity index (χ3v) is 2.73. The van der Waals surface area contributed by atoms with Crippen molar-refractivity contribution in [3.05, 3.63) is 66.8 Å². The van der Waals surface area contributed by atoms with Crippen LogP contribution >= 0.6 is 0 Å². The summed E-state index contributed by atoms with van der Waals surface area (Å²) in [6, 6.07) is 0. The van der Waals surface area contributed by atoms with Crippen molar-refractivity contribution in [2.75, 3.05) is 5.73 Å². The van der Waals surface area contributed by atoms with Crippen molar-refractivity contribution in [2.24, 2.45) is 4.99 Å². The van der Waals surface area contributed by atoms with Gasteiger partial charge in [-0.2, -0.15) is 0 Å². The summed E-state index contributed by atoms with van der Waals surface area (Å²) in [7, 11) is 0. The van der Waals surface area contributed by atoms with Crippen LogP contribution in [-0.2, 0) is 0 Å². The molecule has 21 heavy (non-hydrogen) atoms. The zero-order valence-electron chi connectivity index (χ0n) is 12.5. The second-order valence-electron chi connectivity index (χ2n) is 4.08. The highest BCUT2D eigenvalue weighted by atomic mass is 14.9. The molecule has 4 heteroatoms. The van der Waals surface area contributed by atoms with E-state index in [9.17, 15) is 0 Å². The van der Waals surface area contributed by atoms with Gasteiger partial charge >= 0.3 is 0 Å². The number of nitrogens with zero attached hydrogens (tertiary/aromatic N) is 3. The standard InChI is InChI=1S/C17H20N4/c1-5-8-9-13(6-2)15-12-20-17(18)16(21-15)14(7-3)10-11-19-4/h5-12H,2,4H2,1,3H3,(H2,18,20)/b8-5-,11-10-,13-9+,14-7+. The topological polar surface area (TPSA) is 64.2 Å². The Kier molecular flexibility index (Phi) is 6.54. The molecule has 0 aliphatic carbocycles. The molecule has 0 fully saturated rings. The fraction of sp³-hybridized carbons (Fsp3) is 0.118. The molecule has 1 rings (SSSR count). The van der Waals surface area contributed by atoms with Crippen molar-refractivity contribution < 1.29 is 0 Å². The summed E-state index contributed by atoms with van der Waals surface area (Å²) in [5, 5.41) is 0. The second kappa shape index (κ2) is 8.43. The van der Waals surface area contributed by atoms with E-state index >= 15 is 0 Å². The van der Waals surface area contributed by atoms with Crippen LogP contribution in [0.15, 0.2) is 60.4 Å². The van der Waals surface area contributed by atoms with Gasteiger partial charge in [-0.05, 0) is 26.6 Å². The molecular weight excluding hydrogens is 260 g/mol. The van der Waals surface area contributed by atoms with Crippen LogP contribution < -0.4 is 5.73 Å². The predicted molar refractivity (Wildman–Crippen MR) is 91.8 cm³/mol. The number of aliphatic imine (C=N–C) groups is 1. The highest BCUT2D eigenvalue weighted by molar-refractivity contribution is 5.79. The van der Waals surface area contributed by atoms with E-state index in [2.05, 4.69) is 28.3 Å². The lowest BCUT2D eigenvalue weighted by atomic mass is 10.1. The molecule has 0 saturated carbocycles. The zero-order chi connectivity index (χ0) is 15.7. The van der Waals surface area contributed by atoms with Crippen molar-refractivity contribution >= 4 is 23.7 Å². The third-order valence-electron chi connectivity index (χ3n) is 2.73. The van der Waals surface area contributed by atoms with Crippen molar-refractivity contribution in [3.63, 3.8) is 0 Å². The average Bonchev–Trinajstić information content (AvgIpc) is 2.51. The molecule has 4 nitrogen and oxygen atoms in total. The SMILES string of the molecule is C=C/C(=C\C=C/C)c1cnc(N)c(C(/C=C\N=C)=C/C)n1. The number of rotatable bonds is 6. The Bertz CT molecular complexity index is 634. The fourth-order valence-corrected chi connectivity index (χ4v) is 1.65. The van der Waals surface area contributed by atoms with E-state index in [-0.39, 0.29) is 0 Å². The number of nitrogens with two attached hydrogens (primary N) is 1. The molecule has 0 saturated heterocycles. The molecule has 0 bridgehead atoms. The second-order valence-corrected chi connectivity index (χ2v) is 4.08. The first-order valence-corrected chi connectivity index (χ1v) is 6.55. The molecule has 0 radical (unpaired) electrons. The molecule has 0 spiro atoms. The summed E-state index contributed by atoms with van der Waals surface area (Å²) in [6.07, 6.45) is 14.4. The first kappa shape index (κ1) is 16.3. The van der Waals surface area contributed by atoms with Gasteiger partial charge in [0.05, 0.1) is 11.9 Å². The predicted octanol–water partition coefficient (Wildman–Crippen LogP) is 3.82. The maximum Gasteiger partial charge on any atom is 0.150 e. The lowest BCUT2D eigenvalue weighted by Gasteiger charge is -2.08. The van der Waals surface area contributed by atoms with Crippen molar-refractivity contribution in [1.29, 1.82) is 0 Å². The Labute approximate surface area is 125 Å². The van der Waals surface area contributed by atoms with Gasteiger partial charge < -0.3 is 5.73 Å². The van der Waals surface area contributed by atoms with Gasteiger partial charge in [0.1, 0.15) is 11.5 Å². The molecule has 1 aromatic rings. The monoisotopic (exact) mass is 280 g/mol. The number of aromatic nitrogens is 2. The fourth-order valence-electron chi connectivity index (χ4n) is 1.65. The molecule has 2 N–H and O–H groups in total. The van der Waals surface area contributed by atoms with Crippen LogP contribution in [0.2, 0.25) is 0 Å². The van der Waals surface area contributed by atoms with Crippen LogP contribution in [0.4, 0.5) is 5.82 Å². The number of nitrogen functional groups attached to an aromatic ring is 1. The molecular formula is C17H20N4. The van der Waals surface area contributed by atoms with E-state index in [0.29, 0.717) is 17.2 Å². The van der Waals surface area contributed by atoms with Crippen molar-refractivity contribution in [1.82, 2.24) is 9.97 Å². The number of anilines is 1. The Morgan fingerprint density at radius 2 is 2.10 bits per heavy atom. The van der Waals surface area contributed by atoms with Crippen molar-refractivity contribution in [3.8, 4) is 0 Å². The van der Waals surface area contributed by atoms with Gasteiger partial charge in [-0.15, -0.1) is 0 Å². The van der Waals surface area contributed by atoms with Crippen LogP contribution in [-0.4, -0.2) is 16.7 Å². The minimum Gasteiger partial charge on any atom is -0.382 e. The van der Waals surface area contributed by atoms with Gasteiger partial charge in [-0.25, -0.2) is 9.97 Å². The smallest absolute Gasteiger partial charge is 0.150 e. The van der Waals surface area contributed by atoms with Crippen LogP contribution in [0.3, 0.4) is 0 Å². The summed E-state index contributed by atoms with van der Waals surface area (Å²) in [4.78, 5) is 12.5. The minimum absolute atomic E-state index is 0.370. The molecule has 0 aliphatic rings. The van der Waals surface area contributed by atoms with Gasteiger partial charge in [0.2, 0.25) is 0 Å². The van der Waals surface area contributed by atoms with Gasteiger partial charge in [0.15, 0.2) is 0 Å². The largest absolute Gasteiger partial charge is 0.382 e. The summed E-state index contributed by atoms with van der Waals surface area (Å²) < 4.78 is 0.